The summed E-state index contributed by atoms with van der Waals surface area (Å²) in [5.74, 6) is -1.01. The number of alkyl halides is 3. The summed E-state index contributed by atoms with van der Waals surface area (Å²) < 4.78 is 38.1. The van der Waals surface area contributed by atoms with Gasteiger partial charge in [-0.1, -0.05) is 26.7 Å². The maximum Gasteiger partial charge on any atom is 0.451 e. The van der Waals surface area contributed by atoms with Crippen molar-refractivity contribution in [3.8, 4) is 0 Å². The van der Waals surface area contributed by atoms with E-state index in [0.717, 1.165) is 12.8 Å². The van der Waals surface area contributed by atoms with E-state index < -0.39 is 18.1 Å². The fourth-order valence-corrected chi connectivity index (χ4v) is 2.00. The average molecular weight is 306 g/mol. The van der Waals surface area contributed by atoms with Crippen LogP contribution in [0, 0.1) is 5.92 Å². The molecule has 1 aromatic heterocycles. The fourth-order valence-electron chi connectivity index (χ4n) is 2.00. The average Bonchev–Trinajstić information content (AvgIpc) is 2.45. The first-order valence-electron chi connectivity index (χ1n) is 6.87. The van der Waals surface area contributed by atoms with Crippen molar-refractivity contribution in [1.82, 2.24) is 9.97 Å². The molecular formula is C13H21F3N4O. The third-order valence-corrected chi connectivity index (χ3v) is 3.32. The molecule has 0 bridgehead atoms. The maximum atomic E-state index is 12.7. The molecule has 5 nitrogen and oxygen atoms in total. The van der Waals surface area contributed by atoms with Crippen LogP contribution in [0.4, 0.5) is 24.8 Å². The second-order valence-corrected chi connectivity index (χ2v) is 4.73. The lowest BCUT2D eigenvalue weighted by molar-refractivity contribution is -0.144. The van der Waals surface area contributed by atoms with Gasteiger partial charge in [-0.2, -0.15) is 13.2 Å². The van der Waals surface area contributed by atoms with E-state index in [4.69, 9.17) is 0 Å². The molecule has 0 aliphatic carbocycles. The number of hydrogen-bond acceptors (Lipinski definition) is 5. The molecular weight excluding hydrogens is 285 g/mol. The van der Waals surface area contributed by atoms with Crippen LogP contribution in [0.2, 0.25) is 0 Å². The zero-order chi connectivity index (χ0) is 16.0. The van der Waals surface area contributed by atoms with Gasteiger partial charge in [-0.3, -0.25) is 0 Å². The molecule has 1 heterocycles. The van der Waals surface area contributed by atoms with Gasteiger partial charge in [0.25, 0.3) is 0 Å². The minimum absolute atomic E-state index is 0.0340. The Hall–Kier alpha value is -1.57. The third-order valence-electron chi connectivity index (χ3n) is 3.32. The van der Waals surface area contributed by atoms with Crippen LogP contribution in [0.15, 0.2) is 6.07 Å². The molecule has 1 unspecified atom stereocenters. The van der Waals surface area contributed by atoms with Crippen LogP contribution in [-0.2, 0) is 6.18 Å². The van der Waals surface area contributed by atoms with Gasteiger partial charge in [-0.15, -0.1) is 0 Å². The van der Waals surface area contributed by atoms with Gasteiger partial charge in [-0.05, 0) is 5.92 Å². The van der Waals surface area contributed by atoms with Crippen molar-refractivity contribution < 1.29 is 18.3 Å². The molecule has 8 heteroatoms. The Morgan fingerprint density at radius 1 is 1.19 bits per heavy atom. The van der Waals surface area contributed by atoms with Crippen LogP contribution < -0.4 is 10.6 Å². The summed E-state index contributed by atoms with van der Waals surface area (Å²) in [6.45, 7) is 4.07. The summed E-state index contributed by atoms with van der Waals surface area (Å²) in [6.07, 6.45) is -3.64. The molecule has 0 aromatic carbocycles. The van der Waals surface area contributed by atoms with Crippen LogP contribution in [0.25, 0.3) is 0 Å². The Kier molecular flexibility index (Phi) is 6.19. The quantitative estimate of drug-likeness (QED) is 0.722. The number of anilines is 2. The molecule has 21 heavy (non-hydrogen) atoms. The highest BCUT2D eigenvalue weighted by atomic mass is 19.4. The molecule has 0 radical (unpaired) electrons. The smallest absolute Gasteiger partial charge is 0.391 e. The van der Waals surface area contributed by atoms with E-state index in [1.54, 1.807) is 0 Å². The van der Waals surface area contributed by atoms with Crippen molar-refractivity contribution in [3.05, 3.63) is 11.9 Å². The molecule has 0 aliphatic heterocycles. The van der Waals surface area contributed by atoms with Gasteiger partial charge in [-0.25, -0.2) is 9.97 Å². The lowest BCUT2D eigenvalue weighted by Gasteiger charge is -2.21. The molecule has 0 aliphatic rings. The van der Waals surface area contributed by atoms with Crippen LogP contribution in [0.5, 0.6) is 0 Å². The van der Waals surface area contributed by atoms with Crippen molar-refractivity contribution in [2.45, 2.75) is 39.0 Å². The zero-order valence-electron chi connectivity index (χ0n) is 12.3. The molecule has 1 atom stereocenters. The Balaban J connectivity index is 2.83. The minimum atomic E-state index is -4.61. The van der Waals surface area contributed by atoms with Crippen LogP contribution in [0.1, 0.15) is 32.5 Å². The van der Waals surface area contributed by atoms with E-state index in [0.29, 0.717) is 0 Å². The van der Waals surface area contributed by atoms with Crippen LogP contribution in [-0.4, -0.2) is 34.8 Å². The first-order valence-corrected chi connectivity index (χ1v) is 6.87. The highest BCUT2D eigenvalue weighted by Crippen LogP contribution is 2.28. The first-order chi connectivity index (χ1) is 9.81. The van der Waals surface area contributed by atoms with E-state index in [1.165, 1.54) is 13.1 Å². The van der Waals surface area contributed by atoms with Crippen molar-refractivity contribution in [2.75, 3.05) is 24.2 Å². The molecule has 0 fully saturated rings. The second kappa shape index (κ2) is 7.44. The number of aromatic nitrogens is 2. The van der Waals surface area contributed by atoms with Gasteiger partial charge in [0.1, 0.15) is 11.6 Å². The minimum Gasteiger partial charge on any atom is -0.391 e. The fraction of sp³-hybridized carbons (Fsp3) is 0.692. The van der Waals surface area contributed by atoms with Gasteiger partial charge in [0.05, 0.1) is 6.10 Å². The van der Waals surface area contributed by atoms with Crippen LogP contribution >= 0.6 is 0 Å². The number of aliphatic hydroxyl groups is 1. The Labute approximate surface area is 122 Å². The van der Waals surface area contributed by atoms with E-state index in [9.17, 15) is 18.3 Å². The second-order valence-electron chi connectivity index (χ2n) is 4.73. The lowest BCUT2D eigenvalue weighted by atomic mass is 9.97. The molecule has 3 N–H and O–H groups in total. The number of nitrogens with zero attached hydrogens (tertiary/aromatic N) is 2. The Morgan fingerprint density at radius 3 is 2.24 bits per heavy atom. The number of hydrogen-bond donors (Lipinski definition) is 3. The zero-order valence-corrected chi connectivity index (χ0v) is 12.3. The topological polar surface area (TPSA) is 70.1 Å². The molecule has 1 rings (SSSR count). The Morgan fingerprint density at radius 2 is 1.76 bits per heavy atom. The highest BCUT2D eigenvalue weighted by molar-refractivity contribution is 5.47. The maximum absolute atomic E-state index is 12.7. The highest BCUT2D eigenvalue weighted by Gasteiger charge is 2.35. The van der Waals surface area contributed by atoms with Crippen molar-refractivity contribution >= 4 is 11.6 Å². The summed E-state index contributed by atoms with van der Waals surface area (Å²) in [5, 5.41) is 15.3. The van der Waals surface area contributed by atoms with Gasteiger partial charge in [0.15, 0.2) is 0 Å². The summed E-state index contributed by atoms with van der Waals surface area (Å²) in [5.41, 5.74) is 0. The number of nitrogens with one attached hydrogen (secondary N) is 2. The van der Waals surface area contributed by atoms with E-state index >= 15 is 0 Å². The number of rotatable bonds is 7. The predicted molar refractivity (Wildman–Crippen MR) is 75.1 cm³/mol. The van der Waals surface area contributed by atoms with Crippen molar-refractivity contribution in [2.24, 2.45) is 5.92 Å². The third kappa shape index (κ3) is 5.04. The van der Waals surface area contributed by atoms with Crippen molar-refractivity contribution in [1.29, 1.82) is 0 Å². The largest absolute Gasteiger partial charge is 0.451 e. The number of aliphatic hydroxyl groups excluding tert-OH is 1. The summed E-state index contributed by atoms with van der Waals surface area (Å²) >= 11 is 0. The molecule has 0 saturated heterocycles. The molecule has 0 amide bonds. The van der Waals surface area contributed by atoms with E-state index in [1.807, 2.05) is 13.8 Å². The Bertz CT molecular complexity index is 450. The van der Waals surface area contributed by atoms with E-state index in [2.05, 4.69) is 20.6 Å². The monoisotopic (exact) mass is 306 g/mol. The normalized spacial score (nSPS) is 13.3. The summed E-state index contributed by atoms with van der Waals surface area (Å²) in [4.78, 5) is 6.81. The SMILES string of the molecule is CCC(CC)C(O)CNc1cc(NC)nc(C(F)(F)F)n1. The molecule has 120 valence electrons. The van der Waals surface area contributed by atoms with Gasteiger partial charge in [0.2, 0.25) is 5.82 Å². The van der Waals surface area contributed by atoms with Gasteiger partial charge >= 0.3 is 6.18 Å². The van der Waals surface area contributed by atoms with Gasteiger partial charge in [0, 0.05) is 19.7 Å². The summed E-state index contributed by atoms with van der Waals surface area (Å²) in [6, 6.07) is 1.37. The van der Waals surface area contributed by atoms with Crippen LogP contribution in [0.3, 0.4) is 0 Å². The number of halogens is 3. The van der Waals surface area contributed by atoms with E-state index in [-0.39, 0.29) is 24.1 Å². The predicted octanol–water partition coefficient (Wildman–Crippen LogP) is 2.75. The molecule has 0 saturated carbocycles. The van der Waals surface area contributed by atoms with Gasteiger partial charge < -0.3 is 15.7 Å². The summed E-state index contributed by atoms with van der Waals surface area (Å²) in [7, 11) is 1.48. The first kappa shape index (κ1) is 17.5. The lowest BCUT2D eigenvalue weighted by Crippen LogP contribution is -2.28. The molecule has 1 aromatic rings. The standard InChI is InChI=1S/C13H21F3N4O/c1-4-8(5-2)9(21)7-18-11-6-10(17-3)19-12(20-11)13(14,15)16/h6,8-9,21H,4-5,7H2,1-3H3,(H2,17,18,19,20). The molecule has 0 spiro atoms. The van der Waals surface area contributed by atoms with Crippen molar-refractivity contribution in [3.63, 3.8) is 0 Å².